The molecule has 0 aliphatic heterocycles. The Morgan fingerprint density at radius 2 is 1.80 bits per heavy atom. The highest BCUT2D eigenvalue weighted by atomic mass is 32.2. The van der Waals surface area contributed by atoms with Crippen molar-refractivity contribution in [2.24, 2.45) is 5.73 Å². The van der Waals surface area contributed by atoms with Crippen molar-refractivity contribution in [3.05, 3.63) is 64.5 Å². The van der Waals surface area contributed by atoms with Gasteiger partial charge in [-0.05, 0) is 38.5 Å². The van der Waals surface area contributed by atoms with E-state index in [9.17, 15) is 4.39 Å². The molecule has 2 aromatic carbocycles. The van der Waals surface area contributed by atoms with Gasteiger partial charge in [0.2, 0.25) is 0 Å². The number of benzene rings is 2. The van der Waals surface area contributed by atoms with Crippen molar-refractivity contribution in [1.82, 2.24) is 0 Å². The average molecular weight is 289 g/mol. The van der Waals surface area contributed by atoms with E-state index in [-0.39, 0.29) is 11.9 Å². The van der Waals surface area contributed by atoms with Gasteiger partial charge in [-0.1, -0.05) is 35.4 Å². The number of hydrogen-bond donors (Lipinski definition) is 1. The molecule has 20 heavy (non-hydrogen) atoms. The molecule has 2 N–H and O–H groups in total. The molecule has 0 fully saturated rings. The SMILES string of the molecule is Cc1cc(C)cc(CSc2cccc(F)c2[C@@H](C)N)c1. The van der Waals surface area contributed by atoms with Crippen LogP contribution in [0.5, 0.6) is 0 Å². The van der Waals surface area contributed by atoms with Gasteiger partial charge in [0.1, 0.15) is 5.82 Å². The minimum absolute atomic E-state index is 0.217. The van der Waals surface area contributed by atoms with E-state index in [0.29, 0.717) is 5.56 Å². The summed E-state index contributed by atoms with van der Waals surface area (Å²) in [6.07, 6.45) is 0. The van der Waals surface area contributed by atoms with Gasteiger partial charge in [0.15, 0.2) is 0 Å². The Morgan fingerprint density at radius 3 is 2.40 bits per heavy atom. The Balaban J connectivity index is 2.21. The lowest BCUT2D eigenvalue weighted by Gasteiger charge is -2.13. The van der Waals surface area contributed by atoms with Gasteiger partial charge in [0.25, 0.3) is 0 Å². The molecule has 0 radical (unpaired) electrons. The average Bonchev–Trinajstić information content (AvgIpc) is 2.34. The first kappa shape index (κ1) is 15.1. The molecular weight excluding hydrogens is 269 g/mol. The van der Waals surface area contributed by atoms with Crippen LogP contribution in [-0.2, 0) is 5.75 Å². The van der Waals surface area contributed by atoms with Crippen molar-refractivity contribution in [3.8, 4) is 0 Å². The maximum Gasteiger partial charge on any atom is 0.129 e. The van der Waals surface area contributed by atoms with Crippen molar-refractivity contribution in [2.45, 2.75) is 37.5 Å². The second-order valence-corrected chi connectivity index (χ2v) is 6.24. The highest BCUT2D eigenvalue weighted by Crippen LogP contribution is 2.31. The van der Waals surface area contributed by atoms with Crippen LogP contribution < -0.4 is 5.73 Å². The molecule has 2 aromatic rings. The molecule has 106 valence electrons. The predicted octanol–water partition coefficient (Wildman–Crippen LogP) is 4.75. The van der Waals surface area contributed by atoms with Gasteiger partial charge in [-0.3, -0.25) is 0 Å². The van der Waals surface area contributed by atoms with E-state index in [0.717, 1.165) is 10.6 Å². The zero-order chi connectivity index (χ0) is 14.7. The highest BCUT2D eigenvalue weighted by molar-refractivity contribution is 7.98. The molecule has 1 nitrogen and oxygen atoms in total. The van der Waals surface area contributed by atoms with Crippen LogP contribution >= 0.6 is 11.8 Å². The van der Waals surface area contributed by atoms with E-state index in [1.54, 1.807) is 17.8 Å². The van der Waals surface area contributed by atoms with Crippen LogP contribution in [-0.4, -0.2) is 0 Å². The summed E-state index contributed by atoms with van der Waals surface area (Å²) in [5.41, 5.74) is 10.3. The van der Waals surface area contributed by atoms with Gasteiger partial charge in [0.05, 0.1) is 0 Å². The predicted molar refractivity (Wildman–Crippen MR) is 84.5 cm³/mol. The van der Waals surface area contributed by atoms with Crippen LogP contribution in [0.25, 0.3) is 0 Å². The fourth-order valence-electron chi connectivity index (χ4n) is 2.40. The summed E-state index contributed by atoms with van der Waals surface area (Å²) in [6, 6.07) is 11.4. The van der Waals surface area contributed by atoms with Crippen molar-refractivity contribution < 1.29 is 4.39 Å². The summed E-state index contributed by atoms with van der Waals surface area (Å²) in [5.74, 6) is 0.608. The first-order valence-electron chi connectivity index (χ1n) is 6.71. The fraction of sp³-hybridized carbons (Fsp3) is 0.294. The molecule has 0 bridgehead atoms. The Labute approximate surface area is 124 Å². The van der Waals surface area contributed by atoms with E-state index in [1.807, 2.05) is 13.0 Å². The number of hydrogen-bond acceptors (Lipinski definition) is 2. The van der Waals surface area contributed by atoms with Crippen LogP contribution in [0, 0.1) is 19.7 Å². The van der Waals surface area contributed by atoms with E-state index >= 15 is 0 Å². The summed E-state index contributed by atoms with van der Waals surface area (Å²) >= 11 is 1.64. The second-order valence-electron chi connectivity index (χ2n) is 5.22. The molecule has 0 spiro atoms. The van der Waals surface area contributed by atoms with Crippen LogP contribution in [0.2, 0.25) is 0 Å². The highest BCUT2D eigenvalue weighted by Gasteiger charge is 2.12. The van der Waals surface area contributed by atoms with Gasteiger partial charge in [-0.2, -0.15) is 0 Å². The van der Waals surface area contributed by atoms with E-state index in [2.05, 4.69) is 32.0 Å². The summed E-state index contributed by atoms with van der Waals surface area (Å²) in [6.45, 7) is 6.01. The molecule has 0 amide bonds. The standard InChI is InChI=1S/C17H20FNS/c1-11-7-12(2)9-14(8-11)10-20-16-6-4-5-15(18)17(16)13(3)19/h4-9,13H,10,19H2,1-3H3/t13-/m1/s1. The van der Waals surface area contributed by atoms with Crippen molar-refractivity contribution in [3.63, 3.8) is 0 Å². The Hall–Kier alpha value is -1.32. The number of nitrogens with two attached hydrogens (primary N) is 1. The summed E-state index contributed by atoms with van der Waals surface area (Å²) in [7, 11) is 0. The molecule has 0 saturated heterocycles. The minimum Gasteiger partial charge on any atom is -0.324 e. The van der Waals surface area contributed by atoms with Crippen molar-refractivity contribution in [2.75, 3.05) is 0 Å². The molecule has 0 aliphatic rings. The number of thioether (sulfide) groups is 1. The van der Waals surface area contributed by atoms with Crippen molar-refractivity contribution >= 4 is 11.8 Å². The molecular formula is C17H20FNS. The zero-order valence-corrected chi connectivity index (χ0v) is 12.9. The van der Waals surface area contributed by atoms with Crippen LogP contribution in [0.1, 0.15) is 35.2 Å². The molecule has 0 unspecified atom stereocenters. The Kier molecular flexibility index (Phi) is 4.84. The fourth-order valence-corrected chi connectivity index (χ4v) is 3.50. The van der Waals surface area contributed by atoms with Gasteiger partial charge in [-0.25, -0.2) is 4.39 Å². The largest absolute Gasteiger partial charge is 0.324 e. The summed E-state index contributed by atoms with van der Waals surface area (Å²) in [5, 5.41) is 0. The van der Waals surface area contributed by atoms with Crippen LogP contribution in [0.4, 0.5) is 4.39 Å². The third-order valence-electron chi connectivity index (χ3n) is 3.14. The summed E-state index contributed by atoms with van der Waals surface area (Å²) in [4.78, 5) is 0.930. The van der Waals surface area contributed by atoms with Gasteiger partial charge < -0.3 is 5.73 Å². The van der Waals surface area contributed by atoms with Crippen LogP contribution in [0.15, 0.2) is 41.3 Å². The van der Waals surface area contributed by atoms with Gasteiger partial charge in [-0.15, -0.1) is 11.8 Å². The van der Waals surface area contributed by atoms with Crippen molar-refractivity contribution in [1.29, 1.82) is 0 Å². The quantitative estimate of drug-likeness (QED) is 0.822. The Morgan fingerprint density at radius 1 is 1.15 bits per heavy atom. The maximum atomic E-state index is 13.9. The molecule has 3 heteroatoms. The summed E-state index contributed by atoms with van der Waals surface area (Å²) < 4.78 is 13.9. The monoisotopic (exact) mass is 289 g/mol. The molecule has 1 atom stereocenters. The third-order valence-corrected chi connectivity index (χ3v) is 4.29. The topological polar surface area (TPSA) is 26.0 Å². The lowest BCUT2D eigenvalue weighted by atomic mass is 10.1. The normalized spacial score (nSPS) is 12.4. The Bertz CT molecular complexity index is 588. The lowest BCUT2D eigenvalue weighted by molar-refractivity contribution is 0.585. The number of rotatable bonds is 4. The number of aryl methyl sites for hydroxylation is 2. The first-order chi connectivity index (χ1) is 9.47. The van der Waals surface area contributed by atoms with Gasteiger partial charge in [0, 0.05) is 22.3 Å². The van der Waals surface area contributed by atoms with Crippen LogP contribution in [0.3, 0.4) is 0 Å². The van der Waals surface area contributed by atoms with E-state index < -0.39 is 0 Å². The number of halogens is 1. The zero-order valence-electron chi connectivity index (χ0n) is 12.1. The minimum atomic E-state index is -0.294. The van der Waals surface area contributed by atoms with E-state index in [4.69, 9.17) is 5.73 Å². The van der Waals surface area contributed by atoms with E-state index in [1.165, 1.54) is 22.8 Å². The smallest absolute Gasteiger partial charge is 0.129 e. The molecule has 0 aliphatic carbocycles. The first-order valence-corrected chi connectivity index (χ1v) is 7.70. The van der Waals surface area contributed by atoms with Gasteiger partial charge >= 0.3 is 0 Å². The molecule has 0 aromatic heterocycles. The third kappa shape index (κ3) is 3.62. The lowest BCUT2D eigenvalue weighted by Crippen LogP contribution is -2.09. The molecule has 2 rings (SSSR count). The molecule has 0 heterocycles. The second kappa shape index (κ2) is 6.42. The maximum absolute atomic E-state index is 13.9. The molecule has 0 saturated carbocycles.